The molecule has 23 heavy (non-hydrogen) atoms. The number of rotatable bonds is 5. The van der Waals surface area contributed by atoms with E-state index in [-0.39, 0.29) is 6.04 Å². The van der Waals surface area contributed by atoms with Crippen LogP contribution in [0.1, 0.15) is 17.7 Å². The fourth-order valence-corrected chi connectivity index (χ4v) is 4.76. The summed E-state index contributed by atoms with van der Waals surface area (Å²) in [5.74, 6) is 0. The highest BCUT2D eigenvalue weighted by atomic mass is 32.2. The number of anilines is 1. The van der Waals surface area contributed by atoms with E-state index in [4.69, 9.17) is 5.73 Å². The molecule has 2 heterocycles. The summed E-state index contributed by atoms with van der Waals surface area (Å²) in [7, 11) is -3.43. The second-order valence-corrected chi connectivity index (χ2v) is 8.51. The number of sulfonamides is 1. The molecule has 3 rings (SSSR count). The summed E-state index contributed by atoms with van der Waals surface area (Å²) in [5.41, 5.74) is 5.64. The van der Waals surface area contributed by atoms with Gasteiger partial charge < -0.3 is 5.73 Å². The van der Waals surface area contributed by atoms with Crippen molar-refractivity contribution in [2.24, 2.45) is 0 Å². The highest BCUT2D eigenvalue weighted by Gasteiger charge is 2.24. The van der Waals surface area contributed by atoms with Gasteiger partial charge in [-0.3, -0.25) is 4.90 Å². The molecule has 1 aromatic heterocycles. The van der Waals surface area contributed by atoms with Crippen LogP contribution in [0.3, 0.4) is 0 Å². The minimum Gasteiger partial charge on any atom is -0.375 e. The van der Waals surface area contributed by atoms with Gasteiger partial charge in [0.2, 0.25) is 10.0 Å². The van der Waals surface area contributed by atoms with Crippen LogP contribution in [0, 0.1) is 0 Å². The van der Waals surface area contributed by atoms with E-state index in [9.17, 15) is 8.42 Å². The maximum Gasteiger partial charge on any atom is 0.240 e. The first-order chi connectivity index (χ1) is 11.0. The topological polar surface area (TPSA) is 88.3 Å². The van der Waals surface area contributed by atoms with Gasteiger partial charge in [0.1, 0.15) is 0 Å². The zero-order valence-corrected chi connectivity index (χ0v) is 14.3. The summed E-state index contributed by atoms with van der Waals surface area (Å²) in [5, 5.41) is 0.588. The van der Waals surface area contributed by atoms with Crippen molar-refractivity contribution in [3.05, 3.63) is 41.4 Å². The van der Waals surface area contributed by atoms with Crippen molar-refractivity contribution in [2.45, 2.75) is 30.3 Å². The number of nitrogens with zero attached hydrogens (tertiary/aromatic N) is 2. The highest BCUT2D eigenvalue weighted by molar-refractivity contribution is 7.89. The molecule has 0 aliphatic carbocycles. The number of hydrogen-bond acceptors (Lipinski definition) is 6. The fourth-order valence-electron chi connectivity index (χ4n) is 2.71. The SMILES string of the molecule is Nc1ncc(CN2CCC(NS(=O)(=O)c3ccccc3)CC2)s1. The monoisotopic (exact) mass is 352 g/mol. The number of hydrogen-bond donors (Lipinski definition) is 2. The number of likely N-dealkylation sites (tertiary alicyclic amines) is 1. The normalized spacial score (nSPS) is 17.4. The van der Waals surface area contributed by atoms with E-state index >= 15 is 0 Å². The molecule has 0 unspecified atom stereocenters. The van der Waals surface area contributed by atoms with Gasteiger partial charge in [0.05, 0.1) is 4.90 Å². The molecule has 0 atom stereocenters. The van der Waals surface area contributed by atoms with Crippen LogP contribution in [-0.2, 0) is 16.6 Å². The largest absolute Gasteiger partial charge is 0.375 e. The highest BCUT2D eigenvalue weighted by Crippen LogP contribution is 2.20. The lowest BCUT2D eigenvalue weighted by Gasteiger charge is -2.31. The molecular formula is C15H20N4O2S2. The molecule has 0 bridgehead atoms. The van der Waals surface area contributed by atoms with Crippen LogP contribution in [0.2, 0.25) is 0 Å². The molecule has 1 saturated heterocycles. The second kappa shape index (κ2) is 6.96. The molecule has 0 radical (unpaired) electrons. The van der Waals surface area contributed by atoms with Gasteiger partial charge in [-0.25, -0.2) is 18.1 Å². The fraction of sp³-hybridized carbons (Fsp3) is 0.400. The number of thiazole rings is 1. The lowest BCUT2D eigenvalue weighted by Crippen LogP contribution is -2.44. The summed E-state index contributed by atoms with van der Waals surface area (Å²) in [6.07, 6.45) is 3.42. The number of benzene rings is 1. The van der Waals surface area contributed by atoms with Crippen molar-refractivity contribution >= 4 is 26.5 Å². The molecule has 124 valence electrons. The Hall–Kier alpha value is -1.48. The Kier molecular flexibility index (Phi) is 4.96. The summed E-state index contributed by atoms with van der Waals surface area (Å²) >= 11 is 1.50. The standard InChI is InChI=1S/C15H20N4O2S2/c16-15-17-10-13(22-15)11-19-8-6-12(7-9-19)18-23(20,21)14-4-2-1-3-5-14/h1-5,10,12,18H,6-9,11H2,(H2,16,17). The van der Waals surface area contributed by atoms with Gasteiger partial charge in [-0.1, -0.05) is 18.2 Å². The van der Waals surface area contributed by atoms with Crippen LogP contribution in [-0.4, -0.2) is 37.4 Å². The minimum absolute atomic E-state index is 0.0111. The molecule has 1 aliphatic rings. The van der Waals surface area contributed by atoms with Gasteiger partial charge in [0.25, 0.3) is 0 Å². The van der Waals surface area contributed by atoms with E-state index in [0.29, 0.717) is 10.0 Å². The molecule has 0 amide bonds. The van der Waals surface area contributed by atoms with Gasteiger partial charge in [-0.2, -0.15) is 0 Å². The third kappa shape index (κ3) is 4.29. The van der Waals surface area contributed by atoms with Crippen molar-refractivity contribution in [1.82, 2.24) is 14.6 Å². The molecule has 1 aliphatic heterocycles. The first-order valence-corrected chi connectivity index (χ1v) is 9.83. The Morgan fingerprint density at radius 2 is 1.96 bits per heavy atom. The van der Waals surface area contributed by atoms with E-state index in [1.807, 2.05) is 12.3 Å². The summed E-state index contributed by atoms with van der Waals surface area (Å²) in [6, 6.07) is 8.50. The van der Waals surface area contributed by atoms with Crippen molar-refractivity contribution < 1.29 is 8.42 Å². The number of nitrogens with two attached hydrogens (primary N) is 1. The Morgan fingerprint density at radius 1 is 1.26 bits per heavy atom. The summed E-state index contributed by atoms with van der Waals surface area (Å²) in [6.45, 7) is 2.55. The number of piperidine rings is 1. The maximum atomic E-state index is 12.3. The number of nitrogen functional groups attached to an aromatic ring is 1. The summed E-state index contributed by atoms with van der Waals surface area (Å²) in [4.78, 5) is 7.83. The van der Waals surface area contributed by atoms with Crippen LogP contribution in [0.4, 0.5) is 5.13 Å². The first-order valence-electron chi connectivity index (χ1n) is 7.53. The predicted octanol–water partition coefficient (Wildman–Crippen LogP) is 1.67. The van der Waals surface area contributed by atoms with Gasteiger partial charge in [0.15, 0.2) is 5.13 Å². The van der Waals surface area contributed by atoms with E-state index in [0.717, 1.165) is 37.4 Å². The third-order valence-corrected chi connectivity index (χ3v) is 6.26. The zero-order chi connectivity index (χ0) is 16.3. The lowest BCUT2D eigenvalue weighted by molar-refractivity contribution is 0.201. The molecule has 0 spiro atoms. The van der Waals surface area contributed by atoms with Gasteiger partial charge in [-0.05, 0) is 25.0 Å². The Labute approximate surface area is 140 Å². The van der Waals surface area contributed by atoms with Gasteiger partial charge >= 0.3 is 0 Å². The molecule has 1 fully saturated rings. The minimum atomic E-state index is -3.43. The average molecular weight is 352 g/mol. The molecule has 3 N–H and O–H groups in total. The maximum absolute atomic E-state index is 12.3. The van der Waals surface area contributed by atoms with Crippen LogP contribution >= 0.6 is 11.3 Å². The van der Waals surface area contributed by atoms with Crippen molar-refractivity contribution in [3.8, 4) is 0 Å². The third-order valence-electron chi connectivity index (χ3n) is 3.91. The number of aromatic nitrogens is 1. The van der Waals surface area contributed by atoms with E-state index < -0.39 is 10.0 Å². The Bertz CT molecular complexity index is 738. The molecule has 8 heteroatoms. The molecule has 0 saturated carbocycles. The number of nitrogens with one attached hydrogen (secondary N) is 1. The molecule has 2 aromatic rings. The smallest absolute Gasteiger partial charge is 0.240 e. The van der Waals surface area contributed by atoms with Crippen LogP contribution in [0.25, 0.3) is 0 Å². The lowest BCUT2D eigenvalue weighted by atomic mass is 10.1. The van der Waals surface area contributed by atoms with Crippen molar-refractivity contribution in [2.75, 3.05) is 18.8 Å². The second-order valence-electron chi connectivity index (χ2n) is 5.65. The van der Waals surface area contributed by atoms with E-state index in [1.165, 1.54) is 11.3 Å². The van der Waals surface area contributed by atoms with E-state index in [2.05, 4.69) is 14.6 Å². The molecule has 6 nitrogen and oxygen atoms in total. The van der Waals surface area contributed by atoms with Crippen LogP contribution < -0.4 is 10.5 Å². The Morgan fingerprint density at radius 3 is 2.57 bits per heavy atom. The molecule has 1 aromatic carbocycles. The molecular weight excluding hydrogens is 332 g/mol. The van der Waals surface area contributed by atoms with Crippen molar-refractivity contribution in [1.29, 1.82) is 0 Å². The first kappa shape index (κ1) is 16.4. The van der Waals surface area contributed by atoms with Crippen LogP contribution in [0.15, 0.2) is 41.4 Å². The Balaban J connectivity index is 1.53. The van der Waals surface area contributed by atoms with Crippen molar-refractivity contribution in [3.63, 3.8) is 0 Å². The van der Waals surface area contributed by atoms with E-state index in [1.54, 1.807) is 24.3 Å². The zero-order valence-electron chi connectivity index (χ0n) is 12.7. The predicted molar refractivity (Wildman–Crippen MR) is 91.6 cm³/mol. The van der Waals surface area contributed by atoms with Gasteiger partial charge in [-0.15, -0.1) is 11.3 Å². The van der Waals surface area contributed by atoms with Crippen LogP contribution in [0.5, 0.6) is 0 Å². The average Bonchev–Trinajstić information content (AvgIpc) is 2.95. The van der Waals surface area contributed by atoms with Gasteiger partial charge in [0, 0.05) is 36.8 Å². The quantitative estimate of drug-likeness (QED) is 0.854. The summed E-state index contributed by atoms with van der Waals surface area (Å²) < 4.78 is 27.5.